The first-order chi connectivity index (χ1) is 10.1. The first-order valence-electron chi connectivity index (χ1n) is 8.11. The summed E-state index contributed by atoms with van der Waals surface area (Å²) >= 11 is 3.50. The highest BCUT2D eigenvalue weighted by Gasteiger charge is 2.18. The van der Waals surface area contributed by atoms with Crippen molar-refractivity contribution in [3.05, 3.63) is 34.3 Å². The van der Waals surface area contributed by atoms with Crippen molar-refractivity contribution in [1.29, 1.82) is 0 Å². The van der Waals surface area contributed by atoms with Crippen LogP contribution in [0.15, 0.2) is 28.7 Å². The van der Waals surface area contributed by atoms with Crippen LogP contribution in [0.1, 0.15) is 63.9 Å². The monoisotopic (exact) mass is 354 g/mol. The molecular formula is C18H27BrO2. The second-order valence-electron chi connectivity index (χ2n) is 5.74. The van der Waals surface area contributed by atoms with Gasteiger partial charge in [0.15, 0.2) is 0 Å². The summed E-state index contributed by atoms with van der Waals surface area (Å²) in [5, 5.41) is 9.38. The van der Waals surface area contributed by atoms with Gasteiger partial charge in [-0.1, -0.05) is 86.0 Å². The molecule has 1 aromatic rings. The molecule has 0 heterocycles. The molecule has 21 heavy (non-hydrogen) atoms. The lowest BCUT2D eigenvalue weighted by atomic mass is 9.93. The van der Waals surface area contributed by atoms with Crippen LogP contribution in [-0.2, 0) is 11.2 Å². The van der Waals surface area contributed by atoms with Crippen molar-refractivity contribution in [2.24, 2.45) is 5.92 Å². The lowest BCUT2D eigenvalue weighted by Crippen LogP contribution is -2.16. The van der Waals surface area contributed by atoms with E-state index in [9.17, 15) is 9.90 Å². The molecule has 0 radical (unpaired) electrons. The number of hydrogen-bond donors (Lipinski definition) is 1. The number of aliphatic carboxylic acids is 1. The van der Waals surface area contributed by atoms with Crippen molar-refractivity contribution >= 4 is 21.9 Å². The second kappa shape index (κ2) is 10.8. The van der Waals surface area contributed by atoms with E-state index in [0.29, 0.717) is 6.42 Å². The molecule has 0 aliphatic heterocycles. The molecule has 1 aromatic carbocycles. The molecule has 0 saturated heterocycles. The van der Waals surface area contributed by atoms with E-state index in [-0.39, 0.29) is 5.92 Å². The Kier molecular flexibility index (Phi) is 9.40. The SMILES string of the molecule is CCCCCCCCCC(Cc1ccccc1Br)C(=O)O. The zero-order valence-corrected chi connectivity index (χ0v) is 14.6. The van der Waals surface area contributed by atoms with Crippen LogP contribution in [0.2, 0.25) is 0 Å². The van der Waals surface area contributed by atoms with Crippen LogP contribution in [0.4, 0.5) is 0 Å². The van der Waals surface area contributed by atoms with Gasteiger partial charge < -0.3 is 5.11 Å². The van der Waals surface area contributed by atoms with Gasteiger partial charge in [0.2, 0.25) is 0 Å². The fourth-order valence-electron chi connectivity index (χ4n) is 2.59. The first kappa shape index (κ1) is 18.2. The summed E-state index contributed by atoms with van der Waals surface area (Å²) < 4.78 is 1.01. The number of halogens is 1. The summed E-state index contributed by atoms with van der Waals surface area (Å²) in [6, 6.07) is 7.90. The van der Waals surface area contributed by atoms with E-state index in [2.05, 4.69) is 22.9 Å². The van der Waals surface area contributed by atoms with Gasteiger partial charge in [0.1, 0.15) is 0 Å². The zero-order chi connectivity index (χ0) is 15.5. The Morgan fingerprint density at radius 2 is 1.71 bits per heavy atom. The summed E-state index contributed by atoms with van der Waals surface area (Å²) in [5.74, 6) is -0.934. The predicted octanol–water partition coefficient (Wildman–Crippen LogP) is 5.83. The maximum atomic E-state index is 11.4. The number of carboxylic acid groups (broad SMARTS) is 1. The van der Waals surface area contributed by atoms with Crippen molar-refractivity contribution in [3.63, 3.8) is 0 Å². The van der Waals surface area contributed by atoms with Gasteiger partial charge in [0.05, 0.1) is 5.92 Å². The highest BCUT2D eigenvalue weighted by Crippen LogP contribution is 2.23. The summed E-state index contributed by atoms with van der Waals surface area (Å²) in [4.78, 5) is 11.4. The first-order valence-corrected chi connectivity index (χ1v) is 8.90. The Bertz CT molecular complexity index is 417. The molecule has 0 fully saturated rings. The Balaban J connectivity index is 2.31. The minimum Gasteiger partial charge on any atom is -0.481 e. The largest absolute Gasteiger partial charge is 0.481 e. The van der Waals surface area contributed by atoms with Crippen molar-refractivity contribution in [2.75, 3.05) is 0 Å². The summed E-state index contributed by atoms with van der Waals surface area (Å²) in [7, 11) is 0. The van der Waals surface area contributed by atoms with E-state index in [1.54, 1.807) is 0 Å². The molecule has 118 valence electrons. The Morgan fingerprint density at radius 1 is 1.10 bits per heavy atom. The minimum absolute atomic E-state index is 0.264. The minimum atomic E-state index is -0.670. The van der Waals surface area contributed by atoms with Crippen LogP contribution in [-0.4, -0.2) is 11.1 Å². The van der Waals surface area contributed by atoms with Gasteiger partial charge in [-0.05, 0) is 24.5 Å². The van der Waals surface area contributed by atoms with E-state index >= 15 is 0 Å². The Labute approximate surface area is 137 Å². The van der Waals surface area contributed by atoms with Gasteiger partial charge in [-0.25, -0.2) is 0 Å². The fraction of sp³-hybridized carbons (Fsp3) is 0.611. The zero-order valence-electron chi connectivity index (χ0n) is 13.0. The summed E-state index contributed by atoms with van der Waals surface area (Å²) in [5.41, 5.74) is 1.09. The number of carboxylic acids is 1. The van der Waals surface area contributed by atoms with Crippen LogP contribution < -0.4 is 0 Å². The lowest BCUT2D eigenvalue weighted by Gasteiger charge is -2.13. The van der Waals surface area contributed by atoms with Crippen molar-refractivity contribution in [2.45, 2.75) is 64.7 Å². The maximum absolute atomic E-state index is 11.4. The molecule has 0 saturated carbocycles. The summed E-state index contributed by atoms with van der Waals surface area (Å²) in [6.07, 6.45) is 10.0. The molecule has 0 aromatic heterocycles. The highest BCUT2D eigenvalue weighted by molar-refractivity contribution is 9.10. The van der Waals surface area contributed by atoms with Gasteiger partial charge in [0.25, 0.3) is 0 Å². The fourth-order valence-corrected chi connectivity index (χ4v) is 3.04. The molecule has 0 bridgehead atoms. The predicted molar refractivity (Wildman–Crippen MR) is 91.6 cm³/mol. The van der Waals surface area contributed by atoms with Gasteiger partial charge in [-0.3, -0.25) is 4.79 Å². The van der Waals surface area contributed by atoms with Crippen LogP contribution in [0, 0.1) is 5.92 Å². The lowest BCUT2D eigenvalue weighted by molar-refractivity contribution is -0.142. The second-order valence-corrected chi connectivity index (χ2v) is 6.60. The van der Waals surface area contributed by atoms with Gasteiger partial charge in [0, 0.05) is 4.47 Å². The average molecular weight is 355 g/mol. The van der Waals surface area contributed by atoms with Crippen molar-refractivity contribution in [1.82, 2.24) is 0 Å². The molecule has 1 unspecified atom stereocenters. The molecule has 2 nitrogen and oxygen atoms in total. The molecule has 1 rings (SSSR count). The van der Waals surface area contributed by atoms with Crippen LogP contribution in [0.5, 0.6) is 0 Å². The summed E-state index contributed by atoms with van der Waals surface area (Å²) in [6.45, 7) is 2.22. The van der Waals surface area contributed by atoms with Crippen molar-refractivity contribution in [3.8, 4) is 0 Å². The number of hydrogen-bond acceptors (Lipinski definition) is 1. The topological polar surface area (TPSA) is 37.3 Å². The van der Waals surface area contributed by atoms with Crippen LogP contribution in [0.3, 0.4) is 0 Å². The molecule has 0 aliphatic rings. The van der Waals surface area contributed by atoms with E-state index in [4.69, 9.17) is 0 Å². The smallest absolute Gasteiger partial charge is 0.306 e. The van der Waals surface area contributed by atoms with Gasteiger partial charge in [-0.15, -0.1) is 0 Å². The van der Waals surface area contributed by atoms with Crippen LogP contribution >= 0.6 is 15.9 Å². The van der Waals surface area contributed by atoms with Gasteiger partial charge in [-0.2, -0.15) is 0 Å². The molecule has 1 N–H and O–H groups in total. The molecule has 0 spiro atoms. The average Bonchev–Trinajstić information content (AvgIpc) is 2.46. The quantitative estimate of drug-likeness (QED) is 0.507. The van der Waals surface area contributed by atoms with Gasteiger partial charge >= 0.3 is 5.97 Å². The molecule has 0 amide bonds. The number of benzene rings is 1. The van der Waals surface area contributed by atoms with E-state index in [0.717, 1.165) is 29.3 Å². The number of unbranched alkanes of at least 4 members (excludes halogenated alkanes) is 6. The van der Waals surface area contributed by atoms with E-state index < -0.39 is 5.97 Å². The molecule has 0 aliphatic carbocycles. The third-order valence-electron chi connectivity index (χ3n) is 3.93. The van der Waals surface area contributed by atoms with E-state index in [1.165, 1.54) is 32.1 Å². The van der Waals surface area contributed by atoms with Crippen LogP contribution in [0.25, 0.3) is 0 Å². The normalized spacial score (nSPS) is 12.3. The highest BCUT2D eigenvalue weighted by atomic mass is 79.9. The molecular weight excluding hydrogens is 328 g/mol. The number of rotatable bonds is 11. The Morgan fingerprint density at radius 3 is 2.33 bits per heavy atom. The molecule has 1 atom stereocenters. The van der Waals surface area contributed by atoms with E-state index in [1.807, 2.05) is 24.3 Å². The third-order valence-corrected chi connectivity index (χ3v) is 4.70. The van der Waals surface area contributed by atoms with Crippen molar-refractivity contribution < 1.29 is 9.90 Å². The number of carbonyl (C=O) groups is 1. The maximum Gasteiger partial charge on any atom is 0.306 e. The Hall–Kier alpha value is -0.830. The molecule has 3 heteroatoms. The standard InChI is InChI=1S/C18H27BrO2/c1-2-3-4-5-6-7-8-12-16(18(20)21)14-15-11-9-10-13-17(15)19/h9-11,13,16H,2-8,12,14H2,1H3,(H,20,21). The third kappa shape index (κ3) is 7.66.